The van der Waals surface area contributed by atoms with Crippen LogP contribution in [-0.4, -0.2) is 96.8 Å². The number of allylic oxidation sites excluding steroid dienone is 1. The number of hydrogen-bond donors (Lipinski definition) is 5. The van der Waals surface area contributed by atoms with Gasteiger partial charge in [-0.05, 0) is 42.2 Å². The lowest BCUT2D eigenvalue weighted by atomic mass is 9.74. The van der Waals surface area contributed by atoms with E-state index >= 15 is 0 Å². The lowest BCUT2D eigenvalue weighted by molar-refractivity contribution is -0.374. The second kappa shape index (κ2) is 15.6. The molecule has 2 aliphatic heterocycles. The maximum Gasteiger partial charge on any atom is 0.344 e. The minimum absolute atomic E-state index is 0.123. The van der Waals surface area contributed by atoms with Crippen molar-refractivity contribution in [3.63, 3.8) is 0 Å². The summed E-state index contributed by atoms with van der Waals surface area (Å²) in [5, 5.41) is 53.5. The van der Waals surface area contributed by atoms with Crippen LogP contribution in [0.25, 0.3) is 0 Å². The molecule has 2 aliphatic rings. The van der Waals surface area contributed by atoms with Crippen molar-refractivity contribution in [3.8, 4) is 0 Å². The predicted octanol–water partition coefficient (Wildman–Crippen LogP) is 2.88. The molecule has 1 aromatic carbocycles. The van der Waals surface area contributed by atoms with Gasteiger partial charge in [0.05, 0.1) is 0 Å². The summed E-state index contributed by atoms with van der Waals surface area (Å²) in [4.78, 5) is 63.0. The van der Waals surface area contributed by atoms with Crippen molar-refractivity contribution in [3.05, 3.63) is 60.2 Å². The summed E-state index contributed by atoms with van der Waals surface area (Å²) in [6.45, 7) is 12.9. The number of esters is 2. The van der Waals surface area contributed by atoms with Crippen molar-refractivity contribution in [2.24, 2.45) is 17.8 Å². The number of carboxylic acids is 3. The molecule has 14 heteroatoms. The Balaban J connectivity index is 2.02. The minimum Gasteiger partial charge on any atom is -0.479 e. The van der Waals surface area contributed by atoms with Crippen LogP contribution in [-0.2, 0) is 49.3 Å². The maximum atomic E-state index is 13.0. The van der Waals surface area contributed by atoms with Gasteiger partial charge in [0.1, 0.15) is 12.2 Å². The number of carbonyl (C=O) groups excluding carboxylic acids is 2. The lowest BCUT2D eigenvalue weighted by Crippen LogP contribution is -2.78. The van der Waals surface area contributed by atoms with Crippen molar-refractivity contribution in [1.82, 2.24) is 0 Å². The number of ether oxygens (including phenoxy) is 4. The molecule has 10 atom stereocenters. The topological polar surface area (TPSA) is 223 Å². The van der Waals surface area contributed by atoms with Gasteiger partial charge in [0.25, 0.3) is 0 Å². The lowest BCUT2D eigenvalue weighted by Gasteiger charge is -2.48. The van der Waals surface area contributed by atoms with Crippen molar-refractivity contribution < 1.29 is 68.5 Å². The quantitative estimate of drug-likeness (QED) is 0.0901. The summed E-state index contributed by atoms with van der Waals surface area (Å²) >= 11 is 0. The van der Waals surface area contributed by atoms with Gasteiger partial charge in [-0.15, -0.1) is 0 Å². The van der Waals surface area contributed by atoms with Crippen molar-refractivity contribution in [2.45, 2.75) is 108 Å². The molecule has 2 saturated heterocycles. The highest BCUT2D eigenvalue weighted by Gasteiger charge is 2.85. The van der Waals surface area contributed by atoms with Crippen molar-refractivity contribution in [2.75, 3.05) is 0 Å². The normalized spacial score (nSPS) is 30.1. The monoisotopic (exact) mass is 690 g/mol. The first kappa shape index (κ1) is 39.3. The van der Waals surface area contributed by atoms with Gasteiger partial charge in [-0.2, -0.15) is 0 Å². The Kier molecular flexibility index (Phi) is 12.5. The standard InChI is InChI=1S/C35H46O14/c1-7-19(2)17-20(3)13-14-25(37)47-28-27(38)33(48-29(30(39)40)34(45,31(41)42)35(28,49-33)32(43)44)16-15-21(4)26(46-23(6)36)22(5)18-24-11-9-8-10-12-24/h8-14,19-20,22,26-29,38,45H,4,7,15-18H2,1-3,5-6H3,(H,39,40)(H,41,42)(H,43,44)/t19?,20?,22?,26?,27?,28?,29?,33-,34+,35-/m0/s1. The van der Waals surface area contributed by atoms with Crippen LogP contribution in [0.1, 0.15) is 65.9 Å². The Morgan fingerprint density at radius 3 is 2.20 bits per heavy atom. The second-order valence-corrected chi connectivity index (χ2v) is 13.1. The molecule has 0 aliphatic carbocycles. The predicted molar refractivity (Wildman–Crippen MR) is 171 cm³/mol. The smallest absolute Gasteiger partial charge is 0.344 e. The molecule has 0 saturated carbocycles. The van der Waals surface area contributed by atoms with Gasteiger partial charge in [0.2, 0.25) is 23.1 Å². The van der Waals surface area contributed by atoms with Crippen LogP contribution >= 0.6 is 0 Å². The molecule has 1 aromatic rings. The van der Waals surface area contributed by atoms with Crippen LogP contribution < -0.4 is 0 Å². The van der Waals surface area contributed by atoms with E-state index in [0.29, 0.717) is 18.8 Å². The second-order valence-electron chi connectivity index (χ2n) is 13.1. The molecule has 3 rings (SSSR count). The van der Waals surface area contributed by atoms with Crippen LogP contribution in [0.15, 0.2) is 54.6 Å². The largest absolute Gasteiger partial charge is 0.479 e. The Morgan fingerprint density at radius 1 is 1.04 bits per heavy atom. The molecule has 5 N–H and O–H groups in total. The van der Waals surface area contributed by atoms with Crippen LogP contribution in [0.2, 0.25) is 0 Å². The first-order valence-electron chi connectivity index (χ1n) is 16.1. The summed E-state index contributed by atoms with van der Waals surface area (Å²) in [6.07, 6.45) is -4.83. The zero-order chi connectivity index (χ0) is 36.9. The number of hydrogen-bond acceptors (Lipinski definition) is 11. The molecule has 2 heterocycles. The minimum atomic E-state index is -3.90. The molecule has 2 fully saturated rings. The van der Waals surface area contributed by atoms with E-state index < -0.39 is 77.7 Å². The van der Waals surface area contributed by atoms with E-state index in [2.05, 4.69) is 6.58 Å². The molecule has 270 valence electrons. The van der Waals surface area contributed by atoms with Gasteiger partial charge in [0.15, 0.2) is 6.10 Å². The summed E-state index contributed by atoms with van der Waals surface area (Å²) in [7, 11) is 0. The van der Waals surface area contributed by atoms with Crippen LogP contribution in [0.4, 0.5) is 0 Å². The molecular formula is C35H46O14. The first-order valence-corrected chi connectivity index (χ1v) is 16.1. The molecule has 0 spiro atoms. The number of benzene rings is 1. The number of carbonyl (C=O) groups is 5. The molecular weight excluding hydrogens is 644 g/mol. The van der Waals surface area contributed by atoms with Gasteiger partial charge < -0.3 is 44.5 Å². The maximum absolute atomic E-state index is 13.0. The third-order valence-corrected chi connectivity index (χ3v) is 9.29. The molecule has 7 unspecified atom stereocenters. The fraction of sp³-hybridized carbons (Fsp3) is 0.571. The number of rotatable bonds is 17. The SMILES string of the molecule is C=C(CC[C@]12OC(C(=O)O)[C@@](O)(C(=O)O)[C@](C(=O)O)(O1)C(OC(=O)C=CC(C)CC(C)CC)C2O)C(OC(C)=O)C(C)Cc1ccccc1. The van der Waals surface area contributed by atoms with Crippen molar-refractivity contribution in [1.29, 1.82) is 0 Å². The third kappa shape index (κ3) is 7.88. The molecule has 49 heavy (non-hydrogen) atoms. The molecule has 0 aromatic heterocycles. The van der Waals surface area contributed by atoms with Gasteiger partial charge >= 0.3 is 29.8 Å². The molecule has 0 amide bonds. The zero-order valence-corrected chi connectivity index (χ0v) is 28.2. The van der Waals surface area contributed by atoms with E-state index in [1.165, 1.54) is 13.0 Å². The van der Waals surface area contributed by atoms with E-state index in [1.54, 1.807) is 6.92 Å². The van der Waals surface area contributed by atoms with E-state index in [4.69, 9.17) is 18.9 Å². The highest BCUT2D eigenvalue weighted by Crippen LogP contribution is 2.56. The van der Waals surface area contributed by atoms with Crippen LogP contribution in [0, 0.1) is 17.8 Å². The first-order chi connectivity index (χ1) is 22.9. The number of fused-ring (bicyclic) bond motifs is 2. The zero-order valence-electron chi connectivity index (χ0n) is 28.2. The van der Waals surface area contributed by atoms with Gasteiger partial charge in [0, 0.05) is 25.3 Å². The summed E-state index contributed by atoms with van der Waals surface area (Å²) in [5.74, 6) is -11.3. The van der Waals surface area contributed by atoms with Gasteiger partial charge in [-0.1, -0.05) is 77.1 Å². The van der Waals surface area contributed by atoms with Gasteiger partial charge in [-0.3, -0.25) is 4.79 Å². The Morgan fingerprint density at radius 2 is 1.67 bits per heavy atom. The fourth-order valence-electron chi connectivity index (χ4n) is 6.58. The molecule has 2 bridgehead atoms. The average molecular weight is 691 g/mol. The van der Waals surface area contributed by atoms with Gasteiger partial charge in [-0.25, -0.2) is 19.2 Å². The van der Waals surface area contributed by atoms with E-state index in [9.17, 15) is 49.5 Å². The Hall–Kier alpha value is -4.11. The highest BCUT2D eigenvalue weighted by atomic mass is 16.8. The summed E-state index contributed by atoms with van der Waals surface area (Å²) in [5.41, 5.74) is -6.27. The highest BCUT2D eigenvalue weighted by molar-refractivity contribution is 5.98. The number of carboxylic acid groups (broad SMARTS) is 3. The molecule has 0 radical (unpaired) electrons. The number of aliphatic hydroxyl groups excluding tert-OH is 1. The Labute approximate surface area is 284 Å². The van der Waals surface area contributed by atoms with Crippen molar-refractivity contribution >= 4 is 29.8 Å². The Bertz CT molecular complexity index is 1440. The van der Waals surface area contributed by atoms with E-state index in [1.807, 2.05) is 51.1 Å². The van der Waals surface area contributed by atoms with Crippen LogP contribution in [0.5, 0.6) is 0 Å². The summed E-state index contributed by atoms with van der Waals surface area (Å²) in [6, 6.07) is 9.29. The third-order valence-electron chi connectivity index (χ3n) is 9.29. The van der Waals surface area contributed by atoms with Crippen LogP contribution in [0.3, 0.4) is 0 Å². The average Bonchev–Trinajstić information content (AvgIpc) is 3.25. The number of aliphatic carboxylic acids is 3. The molecule has 14 nitrogen and oxygen atoms in total. The van der Waals surface area contributed by atoms with E-state index in [0.717, 1.165) is 18.1 Å². The fourth-order valence-corrected chi connectivity index (χ4v) is 6.58. The van der Waals surface area contributed by atoms with E-state index in [-0.39, 0.29) is 23.8 Å². The number of aliphatic hydroxyl groups is 2. The summed E-state index contributed by atoms with van der Waals surface area (Å²) < 4.78 is 22.0.